The Morgan fingerprint density at radius 2 is 2.15 bits per heavy atom. The van der Waals surface area contributed by atoms with E-state index >= 15 is 0 Å². The summed E-state index contributed by atoms with van der Waals surface area (Å²) in [5.41, 5.74) is 1.52. The molecule has 0 aromatic heterocycles. The third-order valence-electron chi connectivity index (χ3n) is 4.63. The lowest BCUT2D eigenvalue weighted by Crippen LogP contribution is -2.38. The first-order valence-corrected chi connectivity index (χ1v) is 8.11. The third-order valence-corrected chi connectivity index (χ3v) is 4.63. The minimum Gasteiger partial charge on any atom is -0.336 e. The van der Waals surface area contributed by atoms with E-state index in [1.807, 2.05) is 4.90 Å². The molecule has 2 heteroatoms. The predicted octanol–water partition coefficient (Wildman–Crippen LogP) is 4.18. The topological polar surface area (TPSA) is 20.3 Å². The lowest BCUT2D eigenvalue weighted by Gasteiger charge is -2.27. The molecule has 0 radical (unpaired) electrons. The molecule has 2 aliphatic rings. The van der Waals surface area contributed by atoms with E-state index in [0.29, 0.717) is 23.8 Å². The summed E-state index contributed by atoms with van der Waals surface area (Å²) in [7, 11) is 0. The molecule has 1 saturated carbocycles. The molecule has 0 spiro atoms. The van der Waals surface area contributed by atoms with Crippen molar-refractivity contribution in [2.75, 3.05) is 6.54 Å². The van der Waals surface area contributed by atoms with Gasteiger partial charge in [-0.05, 0) is 58.3 Å². The standard InChI is InChI=1S/C18H29NO/c1-13(2)19(18(20)17-9-10-17)11-5-6-16-8-7-14(3)12-15(16)4/h5-7,13,15-17H,8-12H2,1-4H3. The van der Waals surface area contributed by atoms with E-state index in [9.17, 15) is 4.79 Å². The maximum absolute atomic E-state index is 12.2. The van der Waals surface area contributed by atoms with Crippen LogP contribution in [0.5, 0.6) is 0 Å². The SMILES string of the molecule is CC1=CCC(C=CCN(C(=O)C2CC2)C(C)C)C(C)C1. The van der Waals surface area contributed by atoms with Crippen molar-refractivity contribution in [1.82, 2.24) is 4.90 Å². The molecule has 112 valence electrons. The van der Waals surface area contributed by atoms with Crippen molar-refractivity contribution >= 4 is 5.91 Å². The number of carbonyl (C=O) groups excluding carboxylic acids is 1. The first-order chi connectivity index (χ1) is 9.49. The second-order valence-corrected chi connectivity index (χ2v) is 6.92. The zero-order valence-corrected chi connectivity index (χ0v) is 13.4. The molecule has 1 fully saturated rings. The monoisotopic (exact) mass is 275 g/mol. The number of allylic oxidation sites excluding steroid dienone is 3. The average molecular weight is 275 g/mol. The molecule has 0 saturated heterocycles. The highest BCUT2D eigenvalue weighted by molar-refractivity contribution is 5.81. The van der Waals surface area contributed by atoms with Crippen molar-refractivity contribution in [2.45, 2.75) is 59.4 Å². The van der Waals surface area contributed by atoms with Gasteiger partial charge in [-0.1, -0.05) is 30.7 Å². The molecule has 2 atom stereocenters. The van der Waals surface area contributed by atoms with Crippen LogP contribution in [0.15, 0.2) is 23.8 Å². The first-order valence-electron chi connectivity index (χ1n) is 8.11. The number of hydrogen-bond donors (Lipinski definition) is 0. The summed E-state index contributed by atoms with van der Waals surface area (Å²) < 4.78 is 0. The van der Waals surface area contributed by atoms with Crippen molar-refractivity contribution in [3.63, 3.8) is 0 Å². The van der Waals surface area contributed by atoms with Crippen molar-refractivity contribution in [1.29, 1.82) is 0 Å². The molecule has 2 aliphatic carbocycles. The molecule has 2 rings (SSSR count). The van der Waals surface area contributed by atoms with Gasteiger partial charge in [-0.2, -0.15) is 0 Å². The van der Waals surface area contributed by atoms with Crippen LogP contribution in [0, 0.1) is 17.8 Å². The van der Waals surface area contributed by atoms with Crippen LogP contribution in [-0.2, 0) is 4.79 Å². The molecule has 2 nitrogen and oxygen atoms in total. The van der Waals surface area contributed by atoms with Gasteiger partial charge in [0.05, 0.1) is 0 Å². The molecule has 1 amide bonds. The van der Waals surface area contributed by atoms with E-state index in [2.05, 4.69) is 45.9 Å². The highest BCUT2D eigenvalue weighted by Crippen LogP contribution is 2.32. The van der Waals surface area contributed by atoms with E-state index in [-0.39, 0.29) is 0 Å². The Morgan fingerprint density at radius 3 is 2.70 bits per heavy atom. The Kier molecular flexibility index (Phi) is 5.06. The van der Waals surface area contributed by atoms with Gasteiger partial charge < -0.3 is 4.90 Å². The fourth-order valence-electron chi connectivity index (χ4n) is 3.05. The van der Waals surface area contributed by atoms with E-state index in [1.165, 1.54) is 12.0 Å². The molecule has 0 aromatic rings. The van der Waals surface area contributed by atoms with Crippen LogP contribution < -0.4 is 0 Å². The van der Waals surface area contributed by atoms with Gasteiger partial charge in [-0.25, -0.2) is 0 Å². The van der Waals surface area contributed by atoms with Crippen LogP contribution in [0.2, 0.25) is 0 Å². The smallest absolute Gasteiger partial charge is 0.226 e. The Morgan fingerprint density at radius 1 is 1.45 bits per heavy atom. The summed E-state index contributed by atoms with van der Waals surface area (Å²) in [6.45, 7) is 9.57. The van der Waals surface area contributed by atoms with Crippen LogP contribution in [-0.4, -0.2) is 23.4 Å². The third kappa shape index (κ3) is 3.97. The molecule has 0 aliphatic heterocycles. The minimum absolute atomic E-state index is 0.304. The predicted molar refractivity (Wildman–Crippen MR) is 84.4 cm³/mol. The van der Waals surface area contributed by atoms with Crippen molar-refractivity contribution in [2.24, 2.45) is 17.8 Å². The van der Waals surface area contributed by atoms with E-state index in [1.54, 1.807) is 0 Å². The summed E-state index contributed by atoms with van der Waals surface area (Å²) in [6.07, 6.45) is 11.5. The maximum Gasteiger partial charge on any atom is 0.226 e. The van der Waals surface area contributed by atoms with E-state index < -0.39 is 0 Å². The minimum atomic E-state index is 0.304. The number of nitrogens with zero attached hydrogens (tertiary/aromatic N) is 1. The Balaban J connectivity index is 1.88. The fraction of sp³-hybridized carbons (Fsp3) is 0.722. The molecule has 0 heterocycles. The van der Waals surface area contributed by atoms with Gasteiger partial charge in [0.15, 0.2) is 0 Å². The van der Waals surface area contributed by atoms with E-state index in [4.69, 9.17) is 0 Å². The maximum atomic E-state index is 12.2. The molecular weight excluding hydrogens is 246 g/mol. The van der Waals surface area contributed by atoms with E-state index in [0.717, 1.165) is 31.7 Å². The number of hydrogen-bond acceptors (Lipinski definition) is 1. The van der Waals surface area contributed by atoms with Crippen LogP contribution in [0.25, 0.3) is 0 Å². The van der Waals surface area contributed by atoms with Crippen LogP contribution >= 0.6 is 0 Å². The van der Waals surface area contributed by atoms with Crippen molar-refractivity contribution < 1.29 is 4.79 Å². The Labute approximate surface area is 123 Å². The molecular formula is C18H29NO. The molecule has 2 unspecified atom stereocenters. The second-order valence-electron chi connectivity index (χ2n) is 6.92. The summed E-state index contributed by atoms with van der Waals surface area (Å²) in [5.74, 6) is 2.05. The van der Waals surface area contributed by atoms with Crippen molar-refractivity contribution in [3.05, 3.63) is 23.8 Å². The number of carbonyl (C=O) groups is 1. The van der Waals surface area contributed by atoms with Crippen LogP contribution in [0.3, 0.4) is 0 Å². The zero-order valence-electron chi connectivity index (χ0n) is 13.4. The van der Waals surface area contributed by atoms with Crippen LogP contribution in [0.4, 0.5) is 0 Å². The van der Waals surface area contributed by atoms with Gasteiger partial charge in [0.1, 0.15) is 0 Å². The highest BCUT2D eigenvalue weighted by Gasteiger charge is 2.33. The van der Waals surface area contributed by atoms with Gasteiger partial charge in [0.25, 0.3) is 0 Å². The molecule has 0 N–H and O–H groups in total. The van der Waals surface area contributed by atoms with Gasteiger partial charge in [0.2, 0.25) is 5.91 Å². The first kappa shape index (κ1) is 15.3. The van der Waals surface area contributed by atoms with Gasteiger partial charge in [0, 0.05) is 18.5 Å². The number of rotatable bonds is 5. The summed E-state index contributed by atoms with van der Waals surface area (Å²) in [4.78, 5) is 14.2. The van der Waals surface area contributed by atoms with Gasteiger partial charge >= 0.3 is 0 Å². The second kappa shape index (κ2) is 6.60. The summed E-state index contributed by atoms with van der Waals surface area (Å²) >= 11 is 0. The highest BCUT2D eigenvalue weighted by atomic mass is 16.2. The lowest BCUT2D eigenvalue weighted by atomic mass is 9.81. The Hall–Kier alpha value is -1.05. The quantitative estimate of drug-likeness (QED) is 0.689. The van der Waals surface area contributed by atoms with Gasteiger partial charge in [-0.3, -0.25) is 4.79 Å². The summed E-state index contributed by atoms with van der Waals surface area (Å²) in [5, 5.41) is 0. The summed E-state index contributed by atoms with van der Waals surface area (Å²) in [6, 6.07) is 0.304. The normalized spacial score (nSPS) is 26.9. The Bertz CT molecular complexity index is 404. The fourth-order valence-corrected chi connectivity index (χ4v) is 3.05. The molecule has 20 heavy (non-hydrogen) atoms. The average Bonchev–Trinajstić information content (AvgIpc) is 3.19. The zero-order chi connectivity index (χ0) is 14.7. The van der Waals surface area contributed by atoms with Gasteiger partial charge in [-0.15, -0.1) is 0 Å². The molecule has 0 aromatic carbocycles. The number of amides is 1. The lowest BCUT2D eigenvalue weighted by molar-refractivity contribution is -0.133. The largest absolute Gasteiger partial charge is 0.336 e. The van der Waals surface area contributed by atoms with Crippen LogP contribution in [0.1, 0.15) is 53.4 Å². The van der Waals surface area contributed by atoms with Crippen molar-refractivity contribution in [3.8, 4) is 0 Å². The molecule has 0 bridgehead atoms.